The Morgan fingerprint density at radius 2 is 2.20 bits per heavy atom. The molecular formula is C9H16O. The Morgan fingerprint density at radius 3 is 2.40 bits per heavy atom. The first kappa shape index (κ1) is 6.66. The first-order chi connectivity index (χ1) is 4.64. The van der Waals surface area contributed by atoms with Crippen LogP contribution in [0.4, 0.5) is 0 Å². The molecule has 2 bridgehead atoms. The van der Waals surface area contributed by atoms with Gasteiger partial charge in [-0.1, -0.05) is 13.8 Å². The lowest BCUT2D eigenvalue weighted by molar-refractivity contribution is 0.0400. The van der Waals surface area contributed by atoms with Gasteiger partial charge in [0.1, 0.15) is 0 Å². The van der Waals surface area contributed by atoms with Gasteiger partial charge in [-0.3, -0.25) is 0 Å². The first-order valence-corrected chi connectivity index (χ1v) is 4.32. The lowest BCUT2D eigenvalue weighted by Crippen LogP contribution is -2.29. The molecule has 2 saturated carbocycles. The van der Waals surface area contributed by atoms with E-state index in [9.17, 15) is 5.11 Å². The van der Waals surface area contributed by atoms with Gasteiger partial charge in [-0.15, -0.1) is 0 Å². The zero-order valence-corrected chi connectivity index (χ0v) is 6.80. The van der Waals surface area contributed by atoms with Gasteiger partial charge in [0, 0.05) is 0 Å². The number of hydrogen-bond donors (Lipinski definition) is 1. The van der Waals surface area contributed by atoms with Crippen molar-refractivity contribution in [3.05, 3.63) is 0 Å². The van der Waals surface area contributed by atoms with Crippen molar-refractivity contribution in [2.24, 2.45) is 17.3 Å². The summed E-state index contributed by atoms with van der Waals surface area (Å²) in [6, 6.07) is 0. The van der Waals surface area contributed by atoms with Gasteiger partial charge in [0.05, 0.1) is 6.10 Å². The lowest BCUT2D eigenvalue weighted by Gasteiger charge is -2.29. The highest BCUT2D eigenvalue weighted by molar-refractivity contribution is 5.03. The van der Waals surface area contributed by atoms with E-state index in [1.807, 2.05) is 0 Å². The van der Waals surface area contributed by atoms with Crippen LogP contribution in [0.25, 0.3) is 0 Å². The van der Waals surface area contributed by atoms with Crippen LogP contribution in [-0.2, 0) is 0 Å². The molecule has 0 radical (unpaired) electrons. The van der Waals surface area contributed by atoms with Crippen LogP contribution in [0.5, 0.6) is 0 Å². The highest BCUT2D eigenvalue weighted by Crippen LogP contribution is 2.57. The third-order valence-corrected chi connectivity index (χ3v) is 4.09. The summed E-state index contributed by atoms with van der Waals surface area (Å²) >= 11 is 0. The molecule has 2 rings (SSSR count). The molecule has 0 amide bonds. The minimum absolute atomic E-state index is 0.00116. The zero-order chi connectivity index (χ0) is 7.35. The fraction of sp³-hybridized carbons (Fsp3) is 1.00. The van der Waals surface area contributed by atoms with Crippen LogP contribution in [0.3, 0.4) is 0 Å². The highest BCUT2D eigenvalue weighted by atomic mass is 16.3. The Balaban J connectivity index is 2.29. The fourth-order valence-corrected chi connectivity index (χ4v) is 2.86. The summed E-state index contributed by atoms with van der Waals surface area (Å²) in [6.45, 7) is 4.54. The molecule has 0 aromatic rings. The van der Waals surface area contributed by atoms with Gasteiger partial charge in [-0.05, 0) is 36.5 Å². The molecule has 1 nitrogen and oxygen atoms in total. The predicted molar refractivity (Wildman–Crippen MR) is 40.6 cm³/mol. The minimum atomic E-state index is 0.00116. The van der Waals surface area contributed by atoms with Crippen molar-refractivity contribution in [1.29, 1.82) is 0 Å². The summed E-state index contributed by atoms with van der Waals surface area (Å²) in [5.74, 6) is 1.60. The van der Waals surface area contributed by atoms with Crippen molar-refractivity contribution >= 4 is 0 Å². The quantitative estimate of drug-likeness (QED) is 0.544. The smallest absolute Gasteiger partial charge is 0.0599 e. The molecule has 0 heterocycles. The molecule has 58 valence electrons. The molecule has 0 unspecified atom stereocenters. The highest BCUT2D eigenvalue weighted by Gasteiger charge is 2.53. The number of hydrogen-bond acceptors (Lipinski definition) is 1. The maximum absolute atomic E-state index is 9.65. The van der Waals surface area contributed by atoms with E-state index in [-0.39, 0.29) is 11.5 Å². The summed E-state index contributed by atoms with van der Waals surface area (Å²) in [5, 5.41) is 9.65. The van der Waals surface area contributed by atoms with Crippen molar-refractivity contribution in [2.75, 3.05) is 0 Å². The molecule has 2 aliphatic carbocycles. The Morgan fingerprint density at radius 1 is 1.50 bits per heavy atom. The molecule has 1 N–H and O–H groups in total. The van der Waals surface area contributed by atoms with E-state index in [2.05, 4.69) is 13.8 Å². The van der Waals surface area contributed by atoms with E-state index in [1.165, 1.54) is 12.8 Å². The lowest BCUT2D eigenvalue weighted by atomic mass is 9.80. The van der Waals surface area contributed by atoms with E-state index >= 15 is 0 Å². The summed E-state index contributed by atoms with van der Waals surface area (Å²) in [4.78, 5) is 0. The van der Waals surface area contributed by atoms with Crippen molar-refractivity contribution in [3.63, 3.8) is 0 Å². The maximum Gasteiger partial charge on any atom is 0.0599 e. The van der Waals surface area contributed by atoms with Crippen LogP contribution >= 0.6 is 0 Å². The summed E-state index contributed by atoms with van der Waals surface area (Å²) in [7, 11) is 0. The monoisotopic (exact) mass is 140 g/mol. The summed E-state index contributed by atoms with van der Waals surface area (Å²) < 4.78 is 0. The standard InChI is InChI=1S/C9H16O/c1-6-7-3-4-9(6,2)8(10)5-7/h6-8,10H,3-5H2,1-2H3/t6-,7+,8+,9+/m0/s1. The van der Waals surface area contributed by atoms with Crippen molar-refractivity contribution < 1.29 is 5.11 Å². The average Bonchev–Trinajstić information content (AvgIpc) is 2.25. The van der Waals surface area contributed by atoms with Gasteiger partial charge in [-0.2, -0.15) is 0 Å². The van der Waals surface area contributed by atoms with E-state index in [0.29, 0.717) is 0 Å². The topological polar surface area (TPSA) is 20.2 Å². The average molecular weight is 140 g/mol. The fourth-order valence-electron chi connectivity index (χ4n) is 2.86. The molecule has 4 atom stereocenters. The van der Waals surface area contributed by atoms with Gasteiger partial charge in [0.15, 0.2) is 0 Å². The normalized spacial score (nSPS) is 59.7. The Kier molecular flexibility index (Phi) is 1.17. The van der Waals surface area contributed by atoms with Gasteiger partial charge >= 0.3 is 0 Å². The molecule has 1 heteroatoms. The second-order valence-electron chi connectivity index (χ2n) is 4.34. The molecule has 0 saturated heterocycles. The largest absolute Gasteiger partial charge is 0.393 e. The van der Waals surface area contributed by atoms with Crippen LogP contribution in [0, 0.1) is 17.3 Å². The SMILES string of the molecule is C[C@H]1[C@@H]2CC[C@@]1(C)[C@H](O)C2. The third kappa shape index (κ3) is 0.572. The van der Waals surface area contributed by atoms with E-state index in [0.717, 1.165) is 18.3 Å². The number of fused-ring (bicyclic) bond motifs is 2. The van der Waals surface area contributed by atoms with Crippen molar-refractivity contribution in [3.8, 4) is 0 Å². The molecule has 10 heavy (non-hydrogen) atoms. The van der Waals surface area contributed by atoms with Crippen LogP contribution < -0.4 is 0 Å². The second kappa shape index (κ2) is 1.76. The van der Waals surface area contributed by atoms with Crippen LogP contribution in [0.15, 0.2) is 0 Å². The number of aliphatic hydroxyl groups is 1. The molecule has 0 aliphatic heterocycles. The summed E-state index contributed by atoms with van der Waals surface area (Å²) in [5.41, 5.74) is 0.282. The van der Waals surface area contributed by atoms with Gasteiger partial charge in [-0.25, -0.2) is 0 Å². The van der Waals surface area contributed by atoms with Crippen molar-refractivity contribution in [1.82, 2.24) is 0 Å². The molecule has 0 aromatic carbocycles. The Hall–Kier alpha value is -0.0400. The molecular weight excluding hydrogens is 124 g/mol. The molecule has 2 aliphatic rings. The van der Waals surface area contributed by atoms with Crippen LogP contribution in [-0.4, -0.2) is 11.2 Å². The van der Waals surface area contributed by atoms with Gasteiger partial charge in [0.2, 0.25) is 0 Å². The van der Waals surface area contributed by atoms with Crippen molar-refractivity contribution in [2.45, 2.75) is 39.2 Å². The van der Waals surface area contributed by atoms with Crippen LogP contribution in [0.2, 0.25) is 0 Å². The van der Waals surface area contributed by atoms with E-state index < -0.39 is 0 Å². The summed E-state index contributed by atoms with van der Waals surface area (Å²) in [6.07, 6.45) is 3.67. The third-order valence-electron chi connectivity index (χ3n) is 4.09. The Bertz CT molecular complexity index is 155. The van der Waals surface area contributed by atoms with E-state index in [1.54, 1.807) is 0 Å². The second-order valence-corrected chi connectivity index (χ2v) is 4.34. The van der Waals surface area contributed by atoms with Gasteiger partial charge < -0.3 is 5.11 Å². The predicted octanol–water partition coefficient (Wildman–Crippen LogP) is 1.80. The zero-order valence-electron chi connectivity index (χ0n) is 6.80. The van der Waals surface area contributed by atoms with Gasteiger partial charge in [0.25, 0.3) is 0 Å². The minimum Gasteiger partial charge on any atom is -0.393 e. The number of rotatable bonds is 0. The first-order valence-electron chi connectivity index (χ1n) is 4.32. The Labute approximate surface area is 62.4 Å². The van der Waals surface area contributed by atoms with E-state index in [4.69, 9.17) is 0 Å². The molecule has 0 aromatic heterocycles. The van der Waals surface area contributed by atoms with Crippen LogP contribution in [0.1, 0.15) is 33.1 Å². The molecule has 0 spiro atoms. The molecule has 2 fully saturated rings. The number of aliphatic hydroxyl groups excluding tert-OH is 1. The maximum atomic E-state index is 9.65.